The normalized spacial score (nSPS) is 21.5. The van der Waals surface area contributed by atoms with Gasteiger partial charge in [-0.1, -0.05) is 22.9 Å². The Morgan fingerprint density at radius 3 is 2.65 bits per heavy atom. The van der Waals surface area contributed by atoms with Crippen molar-refractivity contribution in [1.82, 2.24) is 0 Å². The summed E-state index contributed by atoms with van der Waals surface area (Å²) in [6, 6.07) is 8.65. The van der Waals surface area contributed by atoms with E-state index in [0.717, 1.165) is 4.90 Å². The minimum Gasteiger partial charge on any atom is -0.497 e. The van der Waals surface area contributed by atoms with Crippen molar-refractivity contribution in [1.29, 1.82) is 0 Å². The number of rotatable bonds is 3. The molecule has 1 fully saturated rings. The summed E-state index contributed by atoms with van der Waals surface area (Å²) in [5.74, 6) is -1.02. The molecule has 2 atom stereocenters. The van der Waals surface area contributed by atoms with Crippen molar-refractivity contribution in [3.63, 3.8) is 0 Å². The molecule has 2 aromatic carbocycles. The number of hydrogen-bond donors (Lipinski definition) is 0. The lowest BCUT2D eigenvalue weighted by Crippen LogP contribution is -2.39. The number of hydrogen-bond acceptors (Lipinski definition) is 6. The van der Waals surface area contributed by atoms with Gasteiger partial charge in [0.25, 0.3) is 11.8 Å². The topological polar surface area (TPSA) is 74.6 Å². The van der Waals surface area contributed by atoms with Gasteiger partial charge in [0.05, 0.1) is 23.5 Å². The molecule has 0 aliphatic carbocycles. The third-order valence-electron chi connectivity index (χ3n) is 4.26. The molecule has 9 heteroatoms. The third kappa shape index (κ3) is 2.41. The molecule has 2 amide bonds. The molecule has 0 radical (unpaired) electrons. The number of imide groups is 1. The molecular weight excluding hydrogens is 363 g/mol. The Balaban J connectivity index is 1.70. The van der Waals surface area contributed by atoms with Gasteiger partial charge in [-0.25, -0.2) is 14.3 Å². The van der Waals surface area contributed by atoms with Crippen LogP contribution in [-0.4, -0.2) is 31.0 Å². The predicted octanol–water partition coefficient (Wildman–Crippen LogP) is 2.99. The first-order valence-corrected chi connectivity index (χ1v) is 8.06. The van der Waals surface area contributed by atoms with Gasteiger partial charge in [0, 0.05) is 6.07 Å². The van der Waals surface area contributed by atoms with E-state index in [9.17, 15) is 14.0 Å². The van der Waals surface area contributed by atoms with Crippen molar-refractivity contribution in [2.24, 2.45) is 10.3 Å². The van der Waals surface area contributed by atoms with Crippen LogP contribution in [0.5, 0.6) is 5.75 Å². The van der Waals surface area contributed by atoms with E-state index in [1.54, 1.807) is 24.3 Å². The zero-order valence-corrected chi connectivity index (χ0v) is 14.2. The monoisotopic (exact) mass is 374 g/mol. The summed E-state index contributed by atoms with van der Waals surface area (Å²) in [5, 5.41) is 9.02. The third-order valence-corrected chi connectivity index (χ3v) is 4.55. The summed E-state index contributed by atoms with van der Waals surface area (Å²) in [7, 11) is 1.50. The van der Waals surface area contributed by atoms with Crippen LogP contribution in [0, 0.1) is 5.82 Å². The number of benzene rings is 2. The molecule has 4 rings (SSSR count). The molecule has 26 heavy (non-hydrogen) atoms. The number of nitrogens with zero attached hydrogens (tertiary/aromatic N) is 4. The first kappa shape index (κ1) is 16.5. The molecule has 0 spiro atoms. The highest BCUT2D eigenvalue weighted by Crippen LogP contribution is 2.36. The minimum atomic E-state index is -0.961. The van der Waals surface area contributed by atoms with Crippen LogP contribution in [0.4, 0.5) is 15.8 Å². The Bertz CT molecular complexity index is 951. The van der Waals surface area contributed by atoms with Crippen LogP contribution in [0.25, 0.3) is 0 Å². The second-order valence-corrected chi connectivity index (χ2v) is 6.16. The van der Waals surface area contributed by atoms with E-state index in [0.29, 0.717) is 17.1 Å². The summed E-state index contributed by atoms with van der Waals surface area (Å²) >= 11 is 5.81. The summed E-state index contributed by atoms with van der Waals surface area (Å²) in [6.45, 7) is 0. The van der Waals surface area contributed by atoms with Crippen molar-refractivity contribution in [2.75, 3.05) is 17.0 Å². The molecule has 2 aromatic rings. The largest absolute Gasteiger partial charge is 0.497 e. The molecule has 2 aliphatic rings. The second kappa shape index (κ2) is 6.06. The van der Waals surface area contributed by atoms with Gasteiger partial charge in [-0.2, -0.15) is 5.11 Å². The Labute approximate surface area is 152 Å². The van der Waals surface area contributed by atoms with Crippen LogP contribution in [0.15, 0.2) is 52.8 Å². The SMILES string of the molecule is COc1cccc(N2C(=O)[C@@H]3N=NN(c4ccc(F)c(Cl)c4)[C@H]3C2=O)c1. The van der Waals surface area contributed by atoms with E-state index < -0.39 is 29.7 Å². The van der Waals surface area contributed by atoms with Crippen LogP contribution in [0.3, 0.4) is 0 Å². The summed E-state index contributed by atoms with van der Waals surface area (Å²) in [6.07, 6.45) is 0. The van der Waals surface area contributed by atoms with Gasteiger partial charge >= 0.3 is 0 Å². The molecular formula is C17H12ClFN4O3. The average molecular weight is 375 g/mol. The molecule has 0 N–H and O–H groups in total. The van der Waals surface area contributed by atoms with Gasteiger partial charge < -0.3 is 4.74 Å². The van der Waals surface area contributed by atoms with E-state index in [2.05, 4.69) is 10.3 Å². The zero-order chi connectivity index (χ0) is 18.4. The van der Waals surface area contributed by atoms with Crippen LogP contribution >= 0.6 is 11.6 Å². The maximum Gasteiger partial charge on any atom is 0.263 e. The van der Waals surface area contributed by atoms with Crippen molar-refractivity contribution in [3.05, 3.63) is 53.3 Å². The first-order valence-electron chi connectivity index (χ1n) is 7.68. The molecule has 2 aliphatic heterocycles. The van der Waals surface area contributed by atoms with Crippen LogP contribution < -0.4 is 14.6 Å². The fraction of sp³-hybridized carbons (Fsp3) is 0.176. The van der Waals surface area contributed by atoms with Gasteiger partial charge in [0.1, 0.15) is 11.6 Å². The average Bonchev–Trinajstić information content (AvgIpc) is 3.18. The fourth-order valence-electron chi connectivity index (χ4n) is 3.00. The van der Waals surface area contributed by atoms with Crippen LogP contribution in [0.1, 0.15) is 0 Å². The van der Waals surface area contributed by atoms with Gasteiger partial charge in [0.15, 0.2) is 12.1 Å². The lowest BCUT2D eigenvalue weighted by atomic mass is 10.1. The molecule has 0 saturated carbocycles. The maximum absolute atomic E-state index is 13.4. The number of anilines is 2. The molecule has 0 aromatic heterocycles. The van der Waals surface area contributed by atoms with Crippen molar-refractivity contribution >= 4 is 34.8 Å². The Hall–Kier alpha value is -3.00. The highest BCUT2D eigenvalue weighted by Gasteiger charge is 2.55. The first-order chi connectivity index (χ1) is 12.5. The number of carbonyl (C=O) groups is 2. The second-order valence-electron chi connectivity index (χ2n) is 5.75. The Morgan fingerprint density at radius 1 is 1.12 bits per heavy atom. The zero-order valence-electron chi connectivity index (χ0n) is 13.5. The number of fused-ring (bicyclic) bond motifs is 1. The lowest BCUT2D eigenvalue weighted by Gasteiger charge is -2.21. The number of ether oxygens (including phenoxy) is 1. The molecule has 7 nitrogen and oxygen atoms in total. The van der Waals surface area contributed by atoms with Crippen molar-refractivity contribution < 1.29 is 18.7 Å². The molecule has 0 unspecified atom stereocenters. The quantitative estimate of drug-likeness (QED) is 0.774. The number of methoxy groups -OCH3 is 1. The fourth-order valence-corrected chi connectivity index (χ4v) is 3.18. The van der Waals surface area contributed by atoms with Crippen LogP contribution in [0.2, 0.25) is 5.02 Å². The van der Waals surface area contributed by atoms with Gasteiger partial charge in [-0.15, -0.1) is 0 Å². The highest BCUT2D eigenvalue weighted by atomic mass is 35.5. The molecule has 132 valence electrons. The summed E-state index contributed by atoms with van der Waals surface area (Å²) in [4.78, 5) is 26.7. The van der Waals surface area contributed by atoms with E-state index in [1.165, 1.54) is 30.3 Å². The highest BCUT2D eigenvalue weighted by molar-refractivity contribution is 6.31. The van der Waals surface area contributed by atoms with E-state index in [1.807, 2.05) is 0 Å². The van der Waals surface area contributed by atoms with Crippen molar-refractivity contribution in [2.45, 2.75) is 12.1 Å². The van der Waals surface area contributed by atoms with E-state index >= 15 is 0 Å². The summed E-state index contributed by atoms with van der Waals surface area (Å²) in [5.41, 5.74) is 0.766. The van der Waals surface area contributed by atoms with E-state index in [-0.39, 0.29) is 5.02 Å². The van der Waals surface area contributed by atoms with Crippen LogP contribution in [-0.2, 0) is 9.59 Å². The molecule has 2 heterocycles. The lowest BCUT2D eigenvalue weighted by molar-refractivity contribution is -0.121. The predicted molar refractivity (Wildman–Crippen MR) is 91.8 cm³/mol. The number of halogens is 2. The van der Waals surface area contributed by atoms with Crippen molar-refractivity contribution in [3.8, 4) is 5.75 Å². The maximum atomic E-state index is 13.4. The van der Waals surface area contributed by atoms with Gasteiger partial charge in [0.2, 0.25) is 0 Å². The molecule has 0 bridgehead atoms. The minimum absolute atomic E-state index is 0.109. The Morgan fingerprint density at radius 2 is 1.92 bits per heavy atom. The van der Waals surface area contributed by atoms with Gasteiger partial charge in [-0.3, -0.25) is 9.59 Å². The summed E-state index contributed by atoms with van der Waals surface area (Å²) < 4.78 is 18.5. The smallest absolute Gasteiger partial charge is 0.263 e. The Kier molecular flexibility index (Phi) is 3.84. The number of carbonyl (C=O) groups excluding carboxylic acids is 2. The van der Waals surface area contributed by atoms with Gasteiger partial charge in [-0.05, 0) is 30.3 Å². The molecule has 1 saturated heterocycles. The van der Waals surface area contributed by atoms with E-state index in [4.69, 9.17) is 16.3 Å². The number of amides is 2. The standard InChI is InChI=1S/C17H12ClFN4O3/c1-26-11-4-2-3-9(7-11)22-16(24)14-15(17(22)25)23(21-20-14)10-5-6-13(19)12(18)8-10/h2-8,14-15H,1H3/t14-,15-/m1/s1.